The lowest BCUT2D eigenvalue weighted by molar-refractivity contribution is -0.132. The summed E-state index contributed by atoms with van der Waals surface area (Å²) in [6.45, 7) is 2.17. The molecule has 0 spiro atoms. The van der Waals surface area contributed by atoms with Crippen LogP contribution >= 0.6 is 0 Å². The number of methoxy groups -OCH3 is 1. The van der Waals surface area contributed by atoms with E-state index in [4.69, 9.17) is 9.47 Å². The Kier molecular flexibility index (Phi) is 5.57. The Hall–Kier alpha value is -2.56. The van der Waals surface area contributed by atoms with E-state index in [0.717, 1.165) is 11.1 Å². The number of carbonyl (C=O) groups excluding carboxylic acids is 1. The first-order chi connectivity index (χ1) is 11.0. The molecule has 0 N–H and O–H groups in total. The molecule has 4 nitrogen and oxygen atoms in total. The van der Waals surface area contributed by atoms with Crippen LogP contribution in [0.2, 0.25) is 0 Å². The third-order valence-corrected chi connectivity index (χ3v) is 3.40. The SMILES string of the molecule is COc1cc(C)ccc1OCC(=O)N(C)Cc1cccc(F)c1. The van der Waals surface area contributed by atoms with Gasteiger partial charge in [0.05, 0.1) is 7.11 Å². The zero-order chi connectivity index (χ0) is 16.8. The standard InChI is InChI=1S/C18H20FNO3/c1-13-7-8-16(17(9-13)22-3)23-12-18(21)20(2)11-14-5-4-6-15(19)10-14/h4-10H,11-12H2,1-3H3. The van der Waals surface area contributed by atoms with E-state index in [1.54, 1.807) is 32.4 Å². The highest BCUT2D eigenvalue weighted by Gasteiger charge is 2.12. The van der Waals surface area contributed by atoms with Crippen LogP contribution in [0.25, 0.3) is 0 Å². The van der Waals surface area contributed by atoms with Crippen LogP contribution in [0.3, 0.4) is 0 Å². The molecule has 0 aliphatic heterocycles. The van der Waals surface area contributed by atoms with Crippen LogP contribution in [0, 0.1) is 12.7 Å². The van der Waals surface area contributed by atoms with Crippen molar-refractivity contribution >= 4 is 5.91 Å². The Morgan fingerprint density at radius 3 is 2.65 bits per heavy atom. The van der Waals surface area contributed by atoms with Gasteiger partial charge in [-0.05, 0) is 42.3 Å². The molecule has 2 aromatic rings. The minimum Gasteiger partial charge on any atom is -0.493 e. The van der Waals surface area contributed by atoms with Crippen LogP contribution in [0.15, 0.2) is 42.5 Å². The predicted molar refractivity (Wildman–Crippen MR) is 86.1 cm³/mol. The summed E-state index contributed by atoms with van der Waals surface area (Å²) in [5.41, 5.74) is 1.78. The number of nitrogens with zero attached hydrogens (tertiary/aromatic N) is 1. The molecular formula is C18H20FNO3. The van der Waals surface area contributed by atoms with Gasteiger partial charge in [-0.1, -0.05) is 18.2 Å². The van der Waals surface area contributed by atoms with Gasteiger partial charge in [0.25, 0.3) is 5.91 Å². The minimum absolute atomic E-state index is 0.106. The van der Waals surface area contributed by atoms with E-state index in [-0.39, 0.29) is 18.3 Å². The van der Waals surface area contributed by atoms with E-state index in [9.17, 15) is 9.18 Å². The number of rotatable bonds is 6. The molecule has 0 unspecified atom stereocenters. The van der Waals surface area contributed by atoms with Crippen molar-refractivity contribution in [3.63, 3.8) is 0 Å². The molecule has 0 aliphatic carbocycles. The van der Waals surface area contributed by atoms with Crippen molar-refractivity contribution in [3.8, 4) is 11.5 Å². The Balaban J connectivity index is 1.94. The molecule has 2 rings (SSSR count). The van der Waals surface area contributed by atoms with Crippen LogP contribution in [0.5, 0.6) is 11.5 Å². The van der Waals surface area contributed by atoms with Crippen LogP contribution < -0.4 is 9.47 Å². The summed E-state index contributed by atoms with van der Waals surface area (Å²) < 4.78 is 23.9. The van der Waals surface area contributed by atoms with Crippen LogP contribution in [0.1, 0.15) is 11.1 Å². The van der Waals surface area contributed by atoms with Gasteiger partial charge in [-0.3, -0.25) is 4.79 Å². The molecular weight excluding hydrogens is 297 g/mol. The van der Waals surface area contributed by atoms with Crippen molar-refractivity contribution in [1.29, 1.82) is 0 Å². The maximum Gasteiger partial charge on any atom is 0.260 e. The fourth-order valence-electron chi connectivity index (χ4n) is 2.14. The number of carbonyl (C=O) groups is 1. The predicted octanol–water partition coefficient (Wildman–Crippen LogP) is 3.18. The Bertz CT molecular complexity index is 688. The summed E-state index contributed by atoms with van der Waals surface area (Å²) in [5, 5.41) is 0. The quantitative estimate of drug-likeness (QED) is 0.821. The van der Waals surface area contributed by atoms with Crippen molar-refractivity contribution in [1.82, 2.24) is 4.90 Å². The zero-order valence-corrected chi connectivity index (χ0v) is 13.5. The number of aryl methyl sites for hydroxylation is 1. The first kappa shape index (κ1) is 16.8. The molecule has 122 valence electrons. The van der Waals surface area contributed by atoms with Crippen LogP contribution in [-0.2, 0) is 11.3 Å². The largest absolute Gasteiger partial charge is 0.493 e. The third-order valence-electron chi connectivity index (χ3n) is 3.40. The smallest absolute Gasteiger partial charge is 0.260 e. The second kappa shape index (κ2) is 7.63. The van der Waals surface area contributed by atoms with Gasteiger partial charge in [-0.15, -0.1) is 0 Å². The fourth-order valence-corrected chi connectivity index (χ4v) is 2.14. The van der Waals surface area contributed by atoms with Gasteiger partial charge in [0.15, 0.2) is 18.1 Å². The molecule has 0 fully saturated rings. The average molecular weight is 317 g/mol. The summed E-state index contributed by atoms with van der Waals surface area (Å²) in [5.74, 6) is 0.595. The van der Waals surface area contributed by atoms with Crippen molar-refractivity contribution < 1.29 is 18.7 Å². The lowest BCUT2D eigenvalue weighted by atomic mass is 10.2. The Morgan fingerprint density at radius 1 is 1.17 bits per heavy atom. The number of likely N-dealkylation sites (N-methyl/N-ethyl adjacent to an activating group) is 1. The molecule has 0 saturated carbocycles. The number of benzene rings is 2. The lowest BCUT2D eigenvalue weighted by Gasteiger charge is -2.18. The van der Waals surface area contributed by atoms with Gasteiger partial charge in [-0.2, -0.15) is 0 Å². The zero-order valence-electron chi connectivity index (χ0n) is 13.5. The summed E-state index contributed by atoms with van der Waals surface area (Å²) >= 11 is 0. The van der Waals surface area contributed by atoms with E-state index in [1.807, 2.05) is 19.1 Å². The van der Waals surface area contributed by atoms with Gasteiger partial charge in [0, 0.05) is 13.6 Å². The van der Waals surface area contributed by atoms with Gasteiger partial charge in [0.2, 0.25) is 0 Å². The summed E-state index contributed by atoms with van der Waals surface area (Å²) in [7, 11) is 3.21. The summed E-state index contributed by atoms with van der Waals surface area (Å²) in [4.78, 5) is 13.6. The van der Waals surface area contributed by atoms with Gasteiger partial charge < -0.3 is 14.4 Å². The number of amides is 1. The van der Waals surface area contributed by atoms with Crippen molar-refractivity contribution in [2.24, 2.45) is 0 Å². The molecule has 0 heterocycles. The first-order valence-corrected chi connectivity index (χ1v) is 7.25. The number of halogens is 1. The highest BCUT2D eigenvalue weighted by molar-refractivity contribution is 5.77. The number of ether oxygens (including phenoxy) is 2. The van der Waals surface area contributed by atoms with Crippen LogP contribution in [-0.4, -0.2) is 31.6 Å². The Labute approximate surface area is 135 Å². The third kappa shape index (κ3) is 4.71. The molecule has 1 amide bonds. The van der Waals surface area contributed by atoms with Crippen molar-refractivity contribution in [3.05, 3.63) is 59.4 Å². The molecule has 23 heavy (non-hydrogen) atoms. The summed E-state index contributed by atoms with van der Waals surface area (Å²) in [6.07, 6.45) is 0. The van der Waals surface area contributed by atoms with E-state index in [0.29, 0.717) is 18.0 Å². The lowest BCUT2D eigenvalue weighted by Crippen LogP contribution is -2.31. The van der Waals surface area contributed by atoms with E-state index < -0.39 is 0 Å². The molecule has 0 aromatic heterocycles. The molecule has 5 heteroatoms. The molecule has 0 radical (unpaired) electrons. The fraction of sp³-hybridized carbons (Fsp3) is 0.278. The van der Waals surface area contributed by atoms with Gasteiger partial charge in [-0.25, -0.2) is 4.39 Å². The van der Waals surface area contributed by atoms with Crippen molar-refractivity contribution in [2.45, 2.75) is 13.5 Å². The van der Waals surface area contributed by atoms with E-state index in [2.05, 4.69) is 0 Å². The molecule has 0 aliphatic rings. The molecule has 2 aromatic carbocycles. The van der Waals surface area contributed by atoms with Gasteiger partial charge >= 0.3 is 0 Å². The normalized spacial score (nSPS) is 10.3. The average Bonchev–Trinajstić information content (AvgIpc) is 2.53. The molecule has 0 atom stereocenters. The second-order valence-corrected chi connectivity index (χ2v) is 5.32. The maximum atomic E-state index is 13.2. The highest BCUT2D eigenvalue weighted by Crippen LogP contribution is 2.27. The minimum atomic E-state index is -0.316. The topological polar surface area (TPSA) is 38.8 Å². The number of hydrogen-bond donors (Lipinski definition) is 0. The van der Waals surface area contributed by atoms with E-state index in [1.165, 1.54) is 17.0 Å². The maximum absolute atomic E-state index is 13.2. The van der Waals surface area contributed by atoms with E-state index >= 15 is 0 Å². The molecule has 0 bridgehead atoms. The monoisotopic (exact) mass is 317 g/mol. The Morgan fingerprint density at radius 2 is 1.96 bits per heavy atom. The molecule has 0 saturated heterocycles. The van der Waals surface area contributed by atoms with Gasteiger partial charge in [0.1, 0.15) is 5.82 Å². The van der Waals surface area contributed by atoms with Crippen LogP contribution in [0.4, 0.5) is 4.39 Å². The summed E-state index contributed by atoms with van der Waals surface area (Å²) in [6, 6.07) is 11.7. The van der Waals surface area contributed by atoms with Crippen molar-refractivity contribution in [2.75, 3.05) is 20.8 Å². The number of hydrogen-bond acceptors (Lipinski definition) is 3. The first-order valence-electron chi connectivity index (χ1n) is 7.25. The highest BCUT2D eigenvalue weighted by atomic mass is 19.1. The second-order valence-electron chi connectivity index (χ2n) is 5.32.